The van der Waals surface area contributed by atoms with Crippen molar-refractivity contribution in [2.75, 3.05) is 0 Å². The van der Waals surface area contributed by atoms with Crippen molar-refractivity contribution >= 4 is 0 Å². The van der Waals surface area contributed by atoms with Gasteiger partial charge in [-0.3, -0.25) is 0 Å². The maximum atomic E-state index is 9.19. The van der Waals surface area contributed by atoms with Gasteiger partial charge in [0.15, 0.2) is 5.41 Å². The van der Waals surface area contributed by atoms with Crippen LogP contribution >= 0.6 is 0 Å². The van der Waals surface area contributed by atoms with Crippen LogP contribution in [0.25, 0.3) is 0 Å². The first-order chi connectivity index (χ1) is 9.49. The summed E-state index contributed by atoms with van der Waals surface area (Å²) in [6.07, 6.45) is -0.909. The van der Waals surface area contributed by atoms with Gasteiger partial charge >= 0.3 is 0 Å². The maximum absolute atomic E-state index is 9.19. The van der Waals surface area contributed by atoms with Crippen LogP contribution in [-0.2, 0) is 0 Å². The van der Waals surface area contributed by atoms with Crippen molar-refractivity contribution in [1.29, 1.82) is 42.1 Å². The van der Waals surface area contributed by atoms with Crippen molar-refractivity contribution in [2.24, 2.45) is 16.2 Å². The van der Waals surface area contributed by atoms with E-state index in [0.29, 0.717) is 0 Å². The van der Waals surface area contributed by atoms with E-state index in [0.717, 1.165) is 0 Å². The van der Waals surface area contributed by atoms with Gasteiger partial charge in [0, 0.05) is 0 Å². The molecule has 0 saturated heterocycles. The highest BCUT2D eigenvalue weighted by Crippen LogP contribution is 2.52. The fourth-order valence-corrected chi connectivity index (χ4v) is 1.55. The summed E-state index contributed by atoms with van der Waals surface area (Å²) >= 11 is 0. The molecule has 0 bridgehead atoms. The van der Waals surface area contributed by atoms with Crippen molar-refractivity contribution in [3.63, 3.8) is 0 Å². The Balaban J connectivity index is 6.98. The molecular weight excluding hydrogens is 256 g/mol. The van der Waals surface area contributed by atoms with Gasteiger partial charge in [-0.2, -0.15) is 42.1 Å². The Hall–Kier alpha value is -4.08. The second-order valence-electron chi connectivity index (χ2n) is 3.52. The Bertz CT molecular complexity index is 686. The second kappa shape index (κ2) is 5.50. The molecule has 0 rings (SSSR count). The van der Waals surface area contributed by atoms with Crippen LogP contribution in [0.5, 0.6) is 0 Å². The van der Waals surface area contributed by atoms with Gasteiger partial charge in [-0.25, -0.2) is 0 Å². The smallest absolute Gasteiger partial charge is 0.198 e. The highest BCUT2D eigenvalue weighted by Gasteiger charge is 2.69. The number of nitrogens with zero attached hydrogens (tertiary/aromatic N) is 8. The molecule has 0 aliphatic carbocycles. The van der Waals surface area contributed by atoms with E-state index in [2.05, 4.69) is 0 Å². The normalized spacial score (nSPS) is 9.80. The minimum absolute atomic E-state index is 0.909. The fraction of sp³-hybridized carbons (Fsp3) is 0.333. The van der Waals surface area contributed by atoms with Gasteiger partial charge in [-0.1, -0.05) is 0 Å². The van der Waals surface area contributed by atoms with Gasteiger partial charge in [0.1, 0.15) is 18.2 Å². The molecule has 0 fully saturated rings. The molecule has 0 aliphatic heterocycles. The van der Waals surface area contributed by atoms with Crippen LogP contribution in [0.1, 0.15) is 6.42 Å². The molecule has 8 nitrogen and oxygen atoms in total. The van der Waals surface area contributed by atoms with Gasteiger partial charge in [0.25, 0.3) is 5.41 Å². The van der Waals surface area contributed by atoms with Gasteiger partial charge in [-0.15, -0.1) is 0 Å². The molecule has 0 heterocycles. The van der Waals surface area contributed by atoms with Crippen molar-refractivity contribution in [3.8, 4) is 48.6 Å². The summed E-state index contributed by atoms with van der Waals surface area (Å²) in [5, 5.41) is 72.3. The molecule has 0 saturated carbocycles. The van der Waals surface area contributed by atoms with Gasteiger partial charge < -0.3 is 0 Å². The third kappa shape index (κ3) is 1.53. The Labute approximate surface area is 114 Å². The topological polar surface area (TPSA) is 190 Å². The summed E-state index contributed by atoms with van der Waals surface area (Å²) in [5.74, 6) is 0. The van der Waals surface area contributed by atoms with E-state index < -0.39 is 22.7 Å². The van der Waals surface area contributed by atoms with E-state index >= 15 is 0 Å². The lowest BCUT2D eigenvalue weighted by molar-refractivity contribution is 0.223. The quantitative estimate of drug-likeness (QED) is 0.698. The lowest BCUT2D eigenvalue weighted by Crippen LogP contribution is -2.49. The summed E-state index contributed by atoms with van der Waals surface area (Å²) in [6.45, 7) is 0. The van der Waals surface area contributed by atoms with Crippen molar-refractivity contribution in [3.05, 3.63) is 0 Å². The minimum Gasteiger partial charge on any atom is -0.198 e. The number of hydrogen-bond donors (Lipinski definition) is 0. The Morgan fingerprint density at radius 3 is 1.15 bits per heavy atom. The lowest BCUT2D eigenvalue weighted by atomic mass is 9.53. The zero-order valence-corrected chi connectivity index (χ0v) is 9.78. The third-order valence-electron chi connectivity index (χ3n) is 2.77. The summed E-state index contributed by atoms with van der Waals surface area (Å²) in [7, 11) is 0. The van der Waals surface area contributed by atoms with Crippen molar-refractivity contribution in [2.45, 2.75) is 6.42 Å². The summed E-state index contributed by atoms with van der Waals surface area (Å²) in [5.41, 5.74) is -8.39. The van der Waals surface area contributed by atoms with Crippen LogP contribution in [0.15, 0.2) is 0 Å². The van der Waals surface area contributed by atoms with E-state index in [9.17, 15) is 10.5 Å². The van der Waals surface area contributed by atoms with Crippen LogP contribution in [0.4, 0.5) is 0 Å². The largest absolute Gasteiger partial charge is 0.262 e. The number of hydrogen-bond acceptors (Lipinski definition) is 8. The molecule has 0 aromatic rings. The SMILES string of the molecule is N#CCC(C#N)(C#N)C(C#N)(C#N)C(C#N)(C#N)C#N. The Morgan fingerprint density at radius 2 is 0.950 bits per heavy atom. The first kappa shape index (κ1) is 15.9. The molecule has 8 heteroatoms. The molecule has 0 aromatic heterocycles. The monoisotopic (exact) mass is 258 g/mol. The summed E-state index contributed by atoms with van der Waals surface area (Å²) in [4.78, 5) is 0. The second-order valence-corrected chi connectivity index (χ2v) is 3.52. The lowest BCUT2D eigenvalue weighted by Gasteiger charge is -2.33. The molecule has 0 aliphatic rings. The van der Waals surface area contributed by atoms with Crippen LogP contribution in [0.2, 0.25) is 0 Å². The minimum atomic E-state index is -2.91. The highest BCUT2D eigenvalue weighted by molar-refractivity contribution is 5.49. The molecule has 90 valence electrons. The van der Waals surface area contributed by atoms with E-state index in [-0.39, 0.29) is 0 Å². The Kier molecular flexibility index (Phi) is 4.38. The highest BCUT2D eigenvalue weighted by atomic mass is 14.6. The number of rotatable bonds is 3. The van der Waals surface area contributed by atoms with Crippen molar-refractivity contribution in [1.82, 2.24) is 0 Å². The first-order valence-electron chi connectivity index (χ1n) is 4.75. The molecule has 0 atom stereocenters. The predicted molar refractivity (Wildman–Crippen MR) is 56.8 cm³/mol. The van der Waals surface area contributed by atoms with Gasteiger partial charge in [0.2, 0.25) is 5.41 Å². The Morgan fingerprint density at radius 1 is 0.550 bits per heavy atom. The fourth-order valence-electron chi connectivity index (χ4n) is 1.55. The first-order valence-corrected chi connectivity index (χ1v) is 4.75. The molecule has 0 N–H and O–H groups in total. The van der Waals surface area contributed by atoms with Crippen LogP contribution in [0.3, 0.4) is 0 Å². The van der Waals surface area contributed by atoms with Crippen LogP contribution in [0, 0.1) is 107 Å². The average molecular weight is 258 g/mol. The van der Waals surface area contributed by atoms with Crippen LogP contribution in [-0.4, -0.2) is 0 Å². The maximum Gasteiger partial charge on any atom is 0.262 e. The molecule has 0 amide bonds. The van der Waals surface area contributed by atoms with Gasteiger partial charge in [-0.05, 0) is 0 Å². The molecule has 0 spiro atoms. The van der Waals surface area contributed by atoms with E-state index in [1.54, 1.807) is 0 Å². The molecule has 20 heavy (non-hydrogen) atoms. The summed E-state index contributed by atoms with van der Waals surface area (Å²) in [6, 6.07) is 10.3. The molecule has 0 aromatic carbocycles. The molecule has 0 radical (unpaired) electrons. The van der Waals surface area contributed by atoms with E-state index in [1.807, 2.05) is 0 Å². The predicted octanol–water partition coefficient (Wildman–Crippen LogP) is 0.524. The molecular formula is C12H2N8. The van der Waals surface area contributed by atoms with Crippen molar-refractivity contribution < 1.29 is 0 Å². The van der Waals surface area contributed by atoms with E-state index in [1.165, 1.54) is 48.6 Å². The zero-order chi connectivity index (χ0) is 15.9. The average Bonchev–Trinajstić information content (AvgIpc) is 2.51. The van der Waals surface area contributed by atoms with Crippen LogP contribution < -0.4 is 0 Å². The number of nitriles is 8. The standard InChI is InChI=1S/C12H2N8/c13-2-1-10(3-14,4-15)12(8-19,9-20)11(5-16,6-17)7-18/h1H2. The van der Waals surface area contributed by atoms with E-state index in [4.69, 9.17) is 31.6 Å². The van der Waals surface area contributed by atoms with Gasteiger partial charge in [0.05, 0.1) is 36.8 Å². The third-order valence-corrected chi connectivity index (χ3v) is 2.77. The summed E-state index contributed by atoms with van der Waals surface area (Å²) < 4.78 is 0. The zero-order valence-electron chi connectivity index (χ0n) is 9.78. The molecule has 0 unspecified atom stereocenters.